The molecule has 2 atom stereocenters. The number of carbonyl (C=O) groups is 1. The van der Waals surface area contributed by atoms with Gasteiger partial charge < -0.3 is 4.90 Å². The highest BCUT2D eigenvalue weighted by Crippen LogP contribution is 2.76. The van der Waals surface area contributed by atoms with Gasteiger partial charge in [-0.3, -0.25) is 4.79 Å². The third-order valence-electron chi connectivity index (χ3n) is 6.99. The van der Waals surface area contributed by atoms with Crippen molar-refractivity contribution >= 4 is 5.91 Å². The summed E-state index contributed by atoms with van der Waals surface area (Å²) in [6.07, 6.45) is 1.76. The number of hydrogen-bond donors (Lipinski definition) is 0. The van der Waals surface area contributed by atoms with Gasteiger partial charge >= 0.3 is 0 Å². The van der Waals surface area contributed by atoms with Crippen molar-refractivity contribution in [3.05, 3.63) is 59.9 Å². The third-order valence-corrected chi connectivity index (χ3v) is 6.99. The number of alkyl halides is 2. The van der Waals surface area contributed by atoms with E-state index in [4.69, 9.17) is 0 Å². The van der Waals surface area contributed by atoms with Crippen LogP contribution >= 0.6 is 0 Å². The van der Waals surface area contributed by atoms with Crippen LogP contribution in [0.5, 0.6) is 0 Å². The summed E-state index contributed by atoms with van der Waals surface area (Å²) < 4.78 is 44.2. The Hall–Kier alpha value is -2.30. The largest absolute Gasteiger partial charge is 0.332 e. The lowest BCUT2D eigenvalue weighted by atomic mass is 9.91. The molecule has 1 aliphatic heterocycles. The number of amides is 1. The fourth-order valence-corrected chi connectivity index (χ4v) is 4.69. The molecule has 2 aliphatic carbocycles. The molecule has 0 radical (unpaired) electrons. The molecule has 146 valence electrons. The van der Waals surface area contributed by atoms with Crippen LogP contribution in [0.1, 0.15) is 25.3 Å². The van der Waals surface area contributed by atoms with Gasteiger partial charge in [-0.05, 0) is 36.3 Å². The summed E-state index contributed by atoms with van der Waals surface area (Å²) in [7, 11) is 0. The molecule has 5 rings (SSSR count). The molecule has 2 saturated carbocycles. The first-order valence-corrected chi connectivity index (χ1v) is 9.85. The quantitative estimate of drug-likeness (QED) is 0.731. The maximum atomic E-state index is 15.2. The lowest BCUT2D eigenvalue weighted by molar-refractivity contribution is -0.136. The van der Waals surface area contributed by atoms with E-state index < -0.39 is 30.2 Å². The van der Waals surface area contributed by atoms with Gasteiger partial charge in [0, 0.05) is 17.5 Å². The molecule has 0 spiro atoms. The van der Waals surface area contributed by atoms with Gasteiger partial charge in [0.25, 0.3) is 5.92 Å². The first kappa shape index (κ1) is 17.8. The van der Waals surface area contributed by atoms with E-state index in [0.29, 0.717) is 17.0 Å². The number of benzene rings is 2. The van der Waals surface area contributed by atoms with Crippen LogP contribution in [0.3, 0.4) is 0 Å². The lowest BCUT2D eigenvalue weighted by Gasteiger charge is -2.28. The predicted octanol–water partition coefficient (Wildman–Crippen LogP) is 4.93. The van der Waals surface area contributed by atoms with Gasteiger partial charge in [-0.25, -0.2) is 13.2 Å². The van der Waals surface area contributed by atoms with Crippen molar-refractivity contribution in [2.45, 2.75) is 38.2 Å². The van der Waals surface area contributed by atoms with Crippen LogP contribution in [-0.2, 0) is 11.2 Å². The van der Waals surface area contributed by atoms with E-state index in [0.717, 1.165) is 18.4 Å². The molecule has 2 nitrogen and oxygen atoms in total. The number of carbonyl (C=O) groups excluding carboxylic acids is 1. The molecule has 5 heteroatoms. The molecule has 1 saturated heterocycles. The van der Waals surface area contributed by atoms with Gasteiger partial charge in [-0.2, -0.15) is 0 Å². The van der Waals surface area contributed by atoms with E-state index in [2.05, 4.69) is 0 Å². The van der Waals surface area contributed by atoms with Crippen LogP contribution in [0, 0.1) is 23.1 Å². The molecular formula is C23H22F3NO. The molecule has 28 heavy (non-hydrogen) atoms. The molecule has 0 bridgehead atoms. The molecule has 1 heterocycles. The van der Waals surface area contributed by atoms with Crippen LogP contribution in [0.4, 0.5) is 13.2 Å². The second kappa shape index (κ2) is 5.85. The lowest BCUT2D eigenvalue weighted by Crippen LogP contribution is -2.41. The van der Waals surface area contributed by atoms with Crippen molar-refractivity contribution in [1.82, 2.24) is 4.90 Å². The zero-order valence-electron chi connectivity index (χ0n) is 15.7. The molecule has 0 N–H and O–H groups in total. The van der Waals surface area contributed by atoms with Crippen LogP contribution in [-0.4, -0.2) is 29.3 Å². The van der Waals surface area contributed by atoms with E-state index in [1.807, 2.05) is 30.3 Å². The molecule has 2 aromatic carbocycles. The van der Waals surface area contributed by atoms with Crippen molar-refractivity contribution < 1.29 is 18.0 Å². The van der Waals surface area contributed by atoms with E-state index in [-0.39, 0.29) is 17.7 Å². The van der Waals surface area contributed by atoms with E-state index in [1.165, 1.54) is 11.8 Å². The van der Waals surface area contributed by atoms with Gasteiger partial charge in [-0.15, -0.1) is 0 Å². The standard InChI is InChI=1S/C23H22F3NO/c1-14-19(27(13-23(14,25)26)21(28)22-11-17(22)12-22)10-16-8-5-9-18(20(16)24)15-6-3-2-4-7-15/h2-9,14,17,19H,10-13H2,1H3/t14-,17?,19+,22?/m1/s1. The first-order valence-electron chi connectivity index (χ1n) is 9.85. The molecule has 2 aromatic rings. The average Bonchev–Trinajstić information content (AvgIpc) is 3.54. The van der Waals surface area contributed by atoms with Crippen molar-refractivity contribution in [3.8, 4) is 11.1 Å². The minimum Gasteiger partial charge on any atom is -0.332 e. The number of rotatable bonds is 4. The second-order valence-electron chi connectivity index (χ2n) is 8.66. The Morgan fingerprint density at radius 2 is 1.79 bits per heavy atom. The molecular weight excluding hydrogens is 363 g/mol. The maximum Gasteiger partial charge on any atom is 0.269 e. The molecule has 0 unspecified atom stereocenters. The number of hydrogen-bond acceptors (Lipinski definition) is 1. The molecule has 3 fully saturated rings. The summed E-state index contributed by atoms with van der Waals surface area (Å²) in [6, 6.07) is 13.6. The Balaban J connectivity index is 1.46. The molecule has 1 amide bonds. The zero-order chi connectivity index (χ0) is 19.7. The summed E-state index contributed by atoms with van der Waals surface area (Å²) in [4.78, 5) is 14.2. The Morgan fingerprint density at radius 1 is 1.11 bits per heavy atom. The molecule has 0 aromatic heterocycles. The van der Waals surface area contributed by atoms with Crippen molar-refractivity contribution in [2.24, 2.45) is 17.3 Å². The van der Waals surface area contributed by atoms with Crippen molar-refractivity contribution in [1.29, 1.82) is 0 Å². The maximum absolute atomic E-state index is 15.2. The van der Waals surface area contributed by atoms with E-state index in [9.17, 15) is 13.6 Å². The minimum atomic E-state index is -2.94. The van der Waals surface area contributed by atoms with Gasteiger partial charge in [0.1, 0.15) is 5.82 Å². The van der Waals surface area contributed by atoms with Crippen LogP contribution in [0.2, 0.25) is 0 Å². The number of fused-ring (bicyclic) bond motifs is 1. The Morgan fingerprint density at radius 3 is 2.43 bits per heavy atom. The summed E-state index contributed by atoms with van der Waals surface area (Å²) in [6.45, 7) is 0.929. The highest BCUT2D eigenvalue weighted by molar-refractivity contribution is 5.90. The van der Waals surface area contributed by atoms with Gasteiger partial charge in [0.2, 0.25) is 5.91 Å². The summed E-state index contributed by atoms with van der Waals surface area (Å²) in [5.74, 6) is -4.08. The van der Waals surface area contributed by atoms with Crippen LogP contribution in [0.25, 0.3) is 11.1 Å². The summed E-state index contributed by atoms with van der Waals surface area (Å²) in [5.41, 5.74) is 1.23. The normalized spacial score (nSPS) is 32.1. The van der Waals surface area contributed by atoms with Crippen LogP contribution < -0.4 is 0 Å². The van der Waals surface area contributed by atoms with Gasteiger partial charge in [-0.1, -0.05) is 55.5 Å². The van der Waals surface area contributed by atoms with Crippen molar-refractivity contribution in [3.63, 3.8) is 0 Å². The number of likely N-dealkylation sites (tertiary alicyclic amines) is 1. The highest BCUT2D eigenvalue weighted by atomic mass is 19.3. The Bertz CT molecular complexity index is 936. The highest BCUT2D eigenvalue weighted by Gasteiger charge is 2.76. The van der Waals surface area contributed by atoms with Gasteiger partial charge in [0.15, 0.2) is 0 Å². The fraction of sp³-hybridized carbons (Fsp3) is 0.435. The third kappa shape index (κ3) is 2.59. The predicted molar refractivity (Wildman–Crippen MR) is 100 cm³/mol. The molecule has 3 aliphatic rings. The second-order valence-corrected chi connectivity index (χ2v) is 8.66. The SMILES string of the molecule is C[C@@H]1[C@H](Cc2cccc(-c3ccccc3)c2F)N(C(=O)C23CC2C3)CC1(F)F. The first-order chi connectivity index (χ1) is 13.3. The van der Waals surface area contributed by atoms with Crippen molar-refractivity contribution in [2.75, 3.05) is 6.54 Å². The summed E-state index contributed by atoms with van der Waals surface area (Å²) >= 11 is 0. The average molecular weight is 385 g/mol. The van der Waals surface area contributed by atoms with E-state index >= 15 is 4.39 Å². The smallest absolute Gasteiger partial charge is 0.269 e. The van der Waals surface area contributed by atoms with Crippen LogP contribution in [0.15, 0.2) is 48.5 Å². The monoisotopic (exact) mass is 385 g/mol. The Labute approximate surface area is 162 Å². The fourth-order valence-electron chi connectivity index (χ4n) is 4.69. The summed E-state index contributed by atoms with van der Waals surface area (Å²) in [5, 5.41) is 0. The number of nitrogens with zero attached hydrogens (tertiary/aromatic N) is 1. The van der Waals surface area contributed by atoms with Gasteiger partial charge in [0.05, 0.1) is 12.0 Å². The Kier molecular flexibility index (Phi) is 3.71. The number of halogens is 3. The minimum absolute atomic E-state index is 0.107. The van der Waals surface area contributed by atoms with E-state index in [1.54, 1.807) is 18.2 Å². The zero-order valence-corrected chi connectivity index (χ0v) is 15.7. The topological polar surface area (TPSA) is 20.3 Å².